The number of aliphatic carboxylic acids is 1. The van der Waals surface area contributed by atoms with Crippen LogP contribution in [0, 0.1) is 0 Å². The second-order valence-electron chi connectivity index (χ2n) is 14.0. The lowest BCUT2D eigenvalue weighted by molar-refractivity contribution is -0.167. The Labute approximate surface area is 311 Å². The maximum atomic E-state index is 12.5. The average Bonchev–Trinajstić information content (AvgIpc) is 3.11. The highest BCUT2D eigenvalue weighted by Gasteiger charge is 2.20. The lowest BCUT2D eigenvalue weighted by Gasteiger charge is -2.18. The Balaban J connectivity index is 4.16. The number of allylic oxidation sites excluding steroid dienone is 4. The predicted molar refractivity (Wildman–Crippen MR) is 208 cm³/mol. The van der Waals surface area contributed by atoms with E-state index in [1.165, 1.54) is 89.9 Å². The molecule has 0 aromatic carbocycles. The van der Waals surface area contributed by atoms with Gasteiger partial charge in [-0.25, -0.2) is 0 Å². The molecule has 8 heteroatoms. The second-order valence-corrected chi connectivity index (χ2v) is 14.0. The molecule has 0 aliphatic heterocycles. The van der Waals surface area contributed by atoms with E-state index < -0.39 is 24.0 Å². The highest BCUT2D eigenvalue weighted by Crippen LogP contribution is 2.13. The second kappa shape index (κ2) is 38.6. The maximum Gasteiger partial charge on any atom is 0.306 e. The van der Waals surface area contributed by atoms with Gasteiger partial charge in [0.1, 0.15) is 13.2 Å². The fourth-order valence-electron chi connectivity index (χ4n) is 5.77. The summed E-state index contributed by atoms with van der Waals surface area (Å²) in [5.41, 5.74) is 0. The Morgan fingerprint density at radius 3 is 1.16 bits per heavy atom. The molecule has 51 heavy (non-hydrogen) atoms. The highest BCUT2D eigenvalue weighted by atomic mass is 16.6. The number of hydrogen-bond acceptors (Lipinski definition) is 7. The van der Waals surface area contributed by atoms with Crippen LogP contribution in [-0.4, -0.2) is 48.3 Å². The maximum absolute atomic E-state index is 12.5. The average molecular weight is 721 g/mol. The van der Waals surface area contributed by atoms with E-state index in [0.717, 1.165) is 70.6 Å². The summed E-state index contributed by atoms with van der Waals surface area (Å²) in [7, 11) is 0. The number of ether oxygens (including phenoxy) is 3. The molecule has 0 aromatic rings. The molecule has 1 unspecified atom stereocenters. The van der Waals surface area contributed by atoms with Crippen LogP contribution < -0.4 is 0 Å². The van der Waals surface area contributed by atoms with E-state index in [1.807, 2.05) is 0 Å². The van der Waals surface area contributed by atoms with Gasteiger partial charge in [-0.15, -0.1) is 0 Å². The van der Waals surface area contributed by atoms with Crippen molar-refractivity contribution < 1.29 is 38.5 Å². The third kappa shape index (κ3) is 38.4. The standard InChI is InChI=1S/C43H76O8/c1-3-5-7-9-11-13-15-17-19-21-23-25-27-29-31-33-41(46)49-37-39(38-50-42(47)36-35-40(44)45)51-43(48)34-32-30-28-26-24-22-20-18-16-14-12-10-8-6-4-2/h17-20,39H,3-16,21-38H2,1-2H3,(H,44,45)/b19-17?,20-18-. The molecule has 0 saturated carbocycles. The molecule has 1 N–H and O–H groups in total. The van der Waals surface area contributed by atoms with Gasteiger partial charge in [0.05, 0.1) is 12.8 Å². The SMILES string of the molecule is CCCCCCCCC=CCCCCCCCC(=O)OCC(COC(=O)CCC(=O)O)OC(=O)CCCCCCC/C=C\CCCCCCCC. The van der Waals surface area contributed by atoms with Gasteiger partial charge >= 0.3 is 23.9 Å². The predicted octanol–water partition coefficient (Wildman–Crippen LogP) is 11.9. The zero-order valence-electron chi connectivity index (χ0n) is 32.8. The molecule has 0 aliphatic carbocycles. The molecule has 0 radical (unpaired) electrons. The molecule has 0 heterocycles. The lowest BCUT2D eigenvalue weighted by Crippen LogP contribution is -2.31. The van der Waals surface area contributed by atoms with E-state index >= 15 is 0 Å². The van der Waals surface area contributed by atoms with E-state index in [4.69, 9.17) is 19.3 Å². The summed E-state index contributed by atoms with van der Waals surface area (Å²) in [6.07, 6.45) is 38.7. The molecular weight excluding hydrogens is 644 g/mol. The van der Waals surface area contributed by atoms with Crippen LogP contribution in [0.25, 0.3) is 0 Å². The number of carbonyl (C=O) groups excluding carboxylic acids is 3. The van der Waals surface area contributed by atoms with Crippen molar-refractivity contribution in [2.75, 3.05) is 13.2 Å². The van der Waals surface area contributed by atoms with Crippen LogP contribution in [0.15, 0.2) is 24.3 Å². The fraction of sp³-hybridized carbons (Fsp3) is 0.814. The number of hydrogen-bond donors (Lipinski definition) is 1. The van der Waals surface area contributed by atoms with E-state index in [0.29, 0.717) is 6.42 Å². The summed E-state index contributed by atoms with van der Waals surface area (Å²) < 4.78 is 16.0. The van der Waals surface area contributed by atoms with Crippen molar-refractivity contribution in [1.82, 2.24) is 0 Å². The number of carboxylic acid groups (broad SMARTS) is 1. The summed E-state index contributed by atoms with van der Waals surface area (Å²) in [5.74, 6) is -2.59. The third-order valence-electron chi connectivity index (χ3n) is 8.99. The van der Waals surface area contributed by atoms with Crippen molar-refractivity contribution in [2.45, 2.75) is 213 Å². The van der Waals surface area contributed by atoms with Crippen LogP contribution in [0.5, 0.6) is 0 Å². The van der Waals surface area contributed by atoms with Gasteiger partial charge < -0.3 is 19.3 Å². The first-order chi connectivity index (χ1) is 24.9. The monoisotopic (exact) mass is 721 g/mol. The fourth-order valence-corrected chi connectivity index (χ4v) is 5.77. The van der Waals surface area contributed by atoms with Gasteiger partial charge in [-0.1, -0.05) is 141 Å². The molecule has 1 atom stereocenters. The van der Waals surface area contributed by atoms with Crippen molar-refractivity contribution in [2.24, 2.45) is 0 Å². The quantitative estimate of drug-likeness (QED) is 0.0290. The van der Waals surface area contributed by atoms with E-state index in [-0.39, 0.29) is 44.9 Å². The molecule has 0 bridgehead atoms. The van der Waals surface area contributed by atoms with Gasteiger partial charge in [-0.2, -0.15) is 0 Å². The molecule has 0 saturated heterocycles. The summed E-state index contributed by atoms with van der Waals surface area (Å²) in [5, 5.41) is 8.80. The Kier molecular flexibility index (Phi) is 36.6. The zero-order valence-corrected chi connectivity index (χ0v) is 32.8. The Hall–Kier alpha value is -2.64. The largest absolute Gasteiger partial charge is 0.481 e. The molecule has 0 rings (SSSR count). The van der Waals surface area contributed by atoms with E-state index in [1.54, 1.807) is 0 Å². The smallest absolute Gasteiger partial charge is 0.306 e. The molecule has 296 valence electrons. The summed E-state index contributed by atoms with van der Waals surface area (Å²) >= 11 is 0. The number of unbranched alkanes of at least 4 members (excludes halogenated alkanes) is 22. The minimum Gasteiger partial charge on any atom is -0.481 e. The Morgan fingerprint density at radius 1 is 0.431 bits per heavy atom. The minimum absolute atomic E-state index is 0.200. The molecule has 0 spiro atoms. The van der Waals surface area contributed by atoms with Crippen LogP contribution in [0.1, 0.15) is 206 Å². The van der Waals surface area contributed by atoms with Gasteiger partial charge in [-0.3, -0.25) is 19.2 Å². The summed E-state index contributed by atoms with van der Waals surface area (Å²) in [6.45, 7) is 4.01. The van der Waals surface area contributed by atoms with Crippen LogP contribution in [0.4, 0.5) is 0 Å². The van der Waals surface area contributed by atoms with Crippen LogP contribution in [0.3, 0.4) is 0 Å². The van der Waals surface area contributed by atoms with E-state index in [2.05, 4.69) is 38.2 Å². The van der Waals surface area contributed by atoms with Gasteiger partial charge in [0, 0.05) is 12.8 Å². The first-order valence-corrected chi connectivity index (χ1v) is 20.9. The van der Waals surface area contributed by atoms with E-state index in [9.17, 15) is 19.2 Å². The summed E-state index contributed by atoms with van der Waals surface area (Å²) in [6, 6.07) is 0. The normalized spacial score (nSPS) is 12.0. The number of carbonyl (C=O) groups is 4. The first-order valence-electron chi connectivity index (χ1n) is 20.9. The minimum atomic E-state index is -1.10. The Bertz CT molecular complexity index is 896. The van der Waals surface area contributed by atoms with Crippen LogP contribution in [-0.2, 0) is 33.4 Å². The number of esters is 3. The molecule has 0 amide bonds. The molecule has 0 fully saturated rings. The lowest BCUT2D eigenvalue weighted by atomic mass is 10.1. The topological polar surface area (TPSA) is 116 Å². The van der Waals surface area contributed by atoms with Crippen molar-refractivity contribution in [1.29, 1.82) is 0 Å². The van der Waals surface area contributed by atoms with Crippen LogP contribution in [0.2, 0.25) is 0 Å². The number of carboxylic acids is 1. The molecular formula is C43H76O8. The van der Waals surface area contributed by atoms with Crippen molar-refractivity contribution in [3.63, 3.8) is 0 Å². The van der Waals surface area contributed by atoms with Crippen molar-refractivity contribution in [3.8, 4) is 0 Å². The zero-order chi connectivity index (χ0) is 37.5. The Morgan fingerprint density at radius 2 is 0.765 bits per heavy atom. The third-order valence-corrected chi connectivity index (χ3v) is 8.99. The first kappa shape index (κ1) is 48.4. The molecule has 0 aliphatic rings. The van der Waals surface area contributed by atoms with Gasteiger partial charge in [0.15, 0.2) is 6.10 Å². The number of rotatable bonds is 38. The highest BCUT2D eigenvalue weighted by molar-refractivity contribution is 5.76. The van der Waals surface area contributed by atoms with Gasteiger partial charge in [-0.05, 0) is 64.2 Å². The molecule has 0 aromatic heterocycles. The van der Waals surface area contributed by atoms with Crippen molar-refractivity contribution >= 4 is 23.9 Å². The van der Waals surface area contributed by atoms with Crippen molar-refractivity contribution in [3.05, 3.63) is 24.3 Å². The summed E-state index contributed by atoms with van der Waals surface area (Å²) in [4.78, 5) is 47.6. The van der Waals surface area contributed by atoms with Crippen LogP contribution >= 0.6 is 0 Å². The van der Waals surface area contributed by atoms with Gasteiger partial charge in [0.2, 0.25) is 0 Å². The van der Waals surface area contributed by atoms with Gasteiger partial charge in [0.25, 0.3) is 0 Å². The molecule has 8 nitrogen and oxygen atoms in total.